The summed E-state index contributed by atoms with van der Waals surface area (Å²) in [4.78, 5) is 11.7. The molecule has 0 spiro atoms. The van der Waals surface area contributed by atoms with Crippen LogP contribution in [-0.2, 0) is 9.53 Å². The van der Waals surface area contributed by atoms with Crippen molar-refractivity contribution in [2.75, 3.05) is 32.4 Å². The molecule has 1 aliphatic heterocycles. The number of methoxy groups -OCH3 is 1. The summed E-state index contributed by atoms with van der Waals surface area (Å²) >= 11 is 0. The number of rotatable bonds is 6. The Balaban J connectivity index is 1.97. The van der Waals surface area contributed by atoms with Crippen LogP contribution in [0.4, 0.5) is 5.69 Å². The van der Waals surface area contributed by atoms with Crippen LogP contribution in [0.5, 0.6) is 11.5 Å². The molecule has 0 saturated carbocycles. The highest BCUT2D eigenvalue weighted by molar-refractivity contribution is 5.97. The van der Waals surface area contributed by atoms with E-state index in [4.69, 9.17) is 19.5 Å². The van der Waals surface area contributed by atoms with E-state index in [1.54, 1.807) is 18.2 Å². The van der Waals surface area contributed by atoms with E-state index < -0.39 is 5.91 Å². The Morgan fingerprint density at radius 2 is 2.29 bits per heavy atom. The minimum absolute atomic E-state index is 0.0243. The summed E-state index contributed by atoms with van der Waals surface area (Å²) in [5, 5.41) is 14.4. The van der Waals surface area contributed by atoms with Crippen molar-refractivity contribution < 1.29 is 19.0 Å². The molecule has 0 aliphatic carbocycles. The zero-order valence-corrected chi connectivity index (χ0v) is 11.5. The highest BCUT2D eigenvalue weighted by atomic mass is 16.7. The summed E-state index contributed by atoms with van der Waals surface area (Å²) in [6.45, 7) is 0.929. The summed E-state index contributed by atoms with van der Waals surface area (Å²) in [5.74, 6) is 0.835. The van der Waals surface area contributed by atoms with Gasteiger partial charge in [0, 0.05) is 31.6 Å². The highest BCUT2D eigenvalue weighted by Gasteiger charge is 2.13. The zero-order valence-electron chi connectivity index (χ0n) is 11.5. The molecule has 0 fully saturated rings. The van der Waals surface area contributed by atoms with Gasteiger partial charge in [-0.2, -0.15) is 5.26 Å². The van der Waals surface area contributed by atoms with E-state index in [0.29, 0.717) is 30.3 Å². The van der Waals surface area contributed by atoms with E-state index >= 15 is 0 Å². The van der Waals surface area contributed by atoms with Crippen LogP contribution in [-0.4, -0.2) is 33.0 Å². The average Bonchev–Trinajstić information content (AvgIpc) is 2.95. The molecule has 7 heteroatoms. The second kappa shape index (κ2) is 7.17. The summed E-state index contributed by atoms with van der Waals surface area (Å²) in [7, 11) is 1.54. The quantitative estimate of drug-likeness (QED) is 0.461. The lowest BCUT2D eigenvalue weighted by Crippen LogP contribution is -2.28. The van der Waals surface area contributed by atoms with Gasteiger partial charge in [0.2, 0.25) is 6.79 Å². The van der Waals surface area contributed by atoms with Crippen molar-refractivity contribution in [3.05, 3.63) is 30.0 Å². The van der Waals surface area contributed by atoms with Crippen LogP contribution in [0.2, 0.25) is 0 Å². The van der Waals surface area contributed by atoms with Crippen LogP contribution in [0.3, 0.4) is 0 Å². The number of ether oxygens (including phenoxy) is 3. The Bertz CT molecular complexity index is 592. The van der Waals surface area contributed by atoms with E-state index in [-0.39, 0.29) is 12.4 Å². The lowest BCUT2D eigenvalue weighted by atomic mass is 10.2. The minimum atomic E-state index is -0.456. The number of amides is 1. The van der Waals surface area contributed by atoms with Crippen molar-refractivity contribution in [2.24, 2.45) is 0 Å². The Hall–Kier alpha value is -2.72. The molecule has 0 aromatic heterocycles. The van der Waals surface area contributed by atoms with Gasteiger partial charge in [0.25, 0.3) is 5.91 Å². The Morgan fingerprint density at radius 3 is 3.05 bits per heavy atom. The van der Waals surface area contributed by atoms with Crippen LogP contribution in [0.1, 0.15) is 0 Å². The second-order valence-corrected chi connectivity index (χ2v) is 4.13. The number of hydrogen-bond acceptors (Lipinski definition) is 6. The molecule has 1 aliphatic rings. The molecular weight excluding hydrogens is 274 g/mol. The lowest BCUT2D eigenvalue weighted by molar-refractivity contribution is -0.117. The molecule has 0 saturated heterocycles. The number of nitriles is 1. The van der Waals surface area contributed by atoms with Crippen molar-refractivity contribution in [3.63, 3.8) is 0 Å². The normalized spacial score (nSPS) is 12.7. The first kappa shape index (κ1) is 14.7. The maximum atomic E-state index is 11.7. The SMILES string of the molecule is COCCNC(=O)/C(C#N)=C\Nc1ccc2c(c1)OCO2. The predicted molar refractivity (Wildman–Crippen MR) is 74.8 cm³/mol. The molecule has 7 nitrogen and oxygen atoms in total. The van der Waals surface area contributed by atoms with Gasteiger partial charge in [0.05, 0.1) is 6.61 Å². The van der Waals surface area contributed by atoms with E-state index in [1.165, 1.54) is 13.3 Å². The molecule has 110 valence electrons. The van der Waals surface area contributed by atoms with Gasteiger partial charge in [-0.15, -0.1) is 0 Å². The van der Waals surface area contributed by atoms with E-state index in [9.17, 15) is 4.79 Å². The zero-order chi connectivity index (χ0) is 15.1. The number of carbonyl (C=O) groups excluding carboxylic acids is 1. The Labute approximate surface area is 122 Å². The fourth-order valence-electron chi connectivity index (χ4n) is 1.65. The standard InChI is InChI=1S/C14H15N3O4/c1-19-5-4-16-14(18)10(7-15)8-17-11-2-3-12-13(6-11)21-9-20-12/h2-3,6,8,17H,4-5,9H2,1H3,(H,16,18)/b10-8-. The second-order valence-electron chi connectivity index (χ2n) is 4.13. The largest absolute Gasteiger partial charge is 0.454 e. The molecule has 1 aromatic carbocycles. The third-order valence-electron chi connectivity index (χ3n) is 2.71. The van der Waals surface area contributed by atoms with Gasteiger partial charge in [-0.05, 0) is 12.1 Å². The van der Waals surface area contributed by atoms with E-state index in [2.05, 4.69) is 10.6 Å². The summed E-state index contributed by atoms with van der Waals surface area (Å²) in [5.41, 5.74) is 0.667. The number of anilines is 1. The third-order valence-corrected chi connectivity index (χ3v) is 2.71. The van der Waals surface area contributed by atoms with Crippen LogP contribution < -0.4 is 20.1 Å². The van der Waals surface area contributed by atoms with Gasteiger partial charge in [0.1, 0.15) is 11.6 Å². The molecule has 0 radical (unpaired) electrons. The molecule has 0 atom stereocenters. The predicted octanol–water partition coefficient (Wildman–Crippen LogP) is 0.997. The first-order chi connectivity index (χ1) is 10.2. The van der Waals surface area contributed by atoms with Crippen LogP contribution in [0, 0.1) is 11.3 Å². The van der Waals surface area contributed by atoms with Crippen LogP contribution >= 0.6 is 0 Å². The molecule has 0 bridgehead atoms. The van der Waals surface area contributed by atoms with Crippen molar-refractivity contribution in [1.29, 1.82) is 5.26 Å². The fourth-order valence-corrected chi connectivity index (χ4v) is 1.65. The lowest BCUT2D eigenvalue weighted by Gasteiger charge is -2.05. The van der Waals surface area contributed by atoms with Crippen molar-refractivity contribution >= 4 is 11.6 Å². The number of fused-ring (bicyclic) bond motifs is 1. The maximum absolute atomic E-state index is 11.7. The van der Waals surface area contributed by atoms with Crippen molar-refractivity contribution in [2.45, 2.75) is 0 Å². The molecule has 1 amide bonds. The Morgan fingerprint density at radius 1 is 1.48 bits per heavy atom. The molecule has 1 aromatic rings. The first-order valence-corrected chi connectivity index (χ1v) is 6.28. The van der Waals surface area contributed by atoms with E-state index in [1.807, 2.05) is 6.07 Å². The maximum Gasteiger partial charge on any atom is 0.263 e. The van der Waals surface area contributed by atoms with Gasteiger partial charge >= 0.3 is 0 Å². The van der Waals surface area contributed by atoms with Gasteiger partial charge in [-0.1, -0.05) is 0 Å². The molecule has 1 heterocycles. The van der Waals surface area contributed by atoms with Crippen molar-refractivity contribution in [1.82, 2.24) is 5.32 Å². The number of benzene rings is 1. The molecule has 21 heavy (non-hydrogen) atoms. The average molecular weight is 289 g/mol. The number of nitrogens with one attached hydrogen (secondary N) is 2. The van der Waals surface area contributed by atoms with Crippen molar-refractivity contribution in [3.8, 4) is 17.6 Å². The topological polar surface area (TPSA) is 92.6 Å². The van der Waals surface area contributed by atoms with Gasteiger partial charge in [-0.3, -0.25) is 4.79 Å². The molecule has 2 rings (SSSR count). The van der Waals surface area contributed by atoms with E-state index in [0.717, 1.165) is 0 Å². The number of carbonyl (C=O) groups is 1. The van der Waals surface area contributed by atoms with Crippen LogP contribution in [0.25, 0.3) is 0 Å². The Kier molecular flexibility index (Phi) is 5.01. The summed E-state index contributed by atoms with van der Waals surface area (Å²) in [6.07, 6.45) is 1.35. The summed E-state index contributed by atoms with van der Waals surface area (Å²) in [6, 6.07) is 7.09. The molecular formula is C14H15N3O4. The van der Waals surface area contributed by atoms with Gasteiger partial charge in [-0.25, -0.2) is 0 Å². The minimum Gasteiger partial charge on any atom is -0.454 e. The smallest absolute Gasteiger partial charge is 0.263 e. The van der Waals surface area contributed by atoms with Gasteiger partial charge in [0.15, 0.2) is 11.5 Å². The summed E-state index contributed by atoms with van der Waals surface area (Å²) < 4.78 is 15.3. The molecule has 2 N–H and O–H groups in total. The van der Waals surface area contributed by atoms with Crippen LogP contribution in [0.15, 0.2) is 30.0 Å². The fraction of sp³-hybridized carbons (Fsp3) is 0.286. The first-order valence-electron chi connectivity index (χ1n) is 6.28. The highest BCUT2D eigenvalue weighted by Crippen LogP contribution is 2.34. The third kappa shape index (κ3) is 3.87. The number of hydrogen-bond donors (Lipinski definition) is 2. The molecule has 0 unspecified atom stereocenters. The van der Waals surface area contributed by atoms with Gasteiger partial charge < -0.3 is 24.8 Å². The number of nitrogens with zero attached hydrogens (tertiary/aromatic N) is 1. The monoisotopic (exact) mass is 289 g/mol.